The molecule has 0 aliphatic heterocycles. The van der Waals surface area contributed by atoms with E-state index in [9.17, 15) is 19.8 Å². The summed E-state index contributed by atoms with van der Waals surface area (Å²) < 4.78 is 0. The van der Waals surface area contributed by atoms with Crippen LogP contribution in [0.3, 0.4) is 0 Å². The molecule has 0 aromatic heterocycles. The highest BCUT2D eigenvalue weighted by molar-refractivity contribution is 5.77. The zero-order valence-electron chi connectivity index (χ0n) is 16.4. The molecule has 0 saturated heterocycles. The lowest BCUT2D eigenvalue weighted by atomic mass is 9.29. The predicted octanol–water partition coefficient (Wildman–Crippen LogP) is 4.57. The molecule has 0 amide bonds. The maximum absolute atomic E-state index is 12.5. The van der Waals surface area contributed by atoms with Gasteiger partial charge in [-0.3, -0.25) is 9.59 Å². The fourth-order valence-electron chi connectivity index (χ4n) is 10.8. The minimum atomic E-state index is -0.564. The lowest BCUT2D eigenvalue weighted by Gasteiger charge is -2.75. The minimum absolute atomic E-state index is 0.0773. The van der Waals surface area contributed by atoms with Crippen LogP contribution in [-0.4, -0.2) is 22.2 Å². The van der Waals surface area contributed by atoms with Crippen LogP contribution in [0.4, 0.5) is 0 Å². The number of carboxylic acid groups (broad SMARTS) is 2. The van der Waals surface area contributed by atoms with Gasteiger partial charge < -0.3 is 10.2 Å². The van der Waals surface area contributed by atoms with Crippen molar-refractivity contribution in [2.75, 3.05) is 0 Å². The number of aliphatic carboxylic acids is 2. The van der Waals surface area contributed by atoms with E-state index in [1.165, 1.54) is 38.5 Å². The molecule has 8 aliphatic rings. The molecule has 2 N–H and O–H groups in total. The van der Waals surface area contributed by atoms with Gasteiger partial charge in [0.2, 0.25) is 0 Å². The van der Waals surface area contributed by atoms with Crippen molar-refractivity contribution in [3.05, 3.63) is 0 Å². The molecule has 8 rings (SSSR count). The first-order valence-corrected chi connectivity index (χ1v) is 11.2. The van der Waals surface area contributed by atoms with Crippen molar-refractivity contribution in [3.63, 3.8) is 0 Å². The Kier molecular flexibility index (Phi) is 2.96. The SMILES string of the molecule is CC1C2(C(=O)O)CC3CC(C2)CC1(C12CC4CC(CC(C(=O)O)(C4)C1)C2)C3. The zero-order chi connectivity index (χ0) is 18.8. The van der Waals surface area contributed by atoms with Crippen molar-refractivity contribution in [1.29, 1.82) is 0 Å². The second-order valence-corrected chi connectivity index (χ2v) is 12.0. The van der Waals surface area contributed by atoms with Crippen LogP contribution in [0.1, 0.15) is 77.6 Å². The molecular weight excluding hydrogens is 340 g/mol. The third-order valence-corrected chi connectivity index (χ3v) is 10.9. The maximum atomic E-state index is 12.5. The van der Waals surface area contributed by atoms with Gasteiger partial charge in [-0.15, -0.1) is 0 Å². The van der Waals surface area contributed by atoms with Gasteiger partial charge in [0, 0.05) is 0 Å². The fraction of sp³-hybridized carbons (Fsp3) is 0.913. The molecule has 0 spiro atoms. The fourth-order valence-corrected chi connectivity index (χ4v) is 10.8. The first-order valence-electron chi connectivity index (χ1n) is 11.2. The Bertz CT molecular complexity index is 711. The molecule has 5 atom stereocenters. The van der Waals surface area contributed by atoms with Gasteiger partial charge in [0.1, 0.15) is 0 Å². The van der Waals surface area contributed by atoms with Gasteiger partial charge in [-0.05, 0) is 111 Å². The van der Waals surface area contributed by atoms with E-state index in [2.05, 4.69) is 6.92 Å². The number of hydrogen-bond acceptors (Lipinski definition) is 2. The largest absolute Gasteiger partial charge is 0.481 e. The monoisotopic (exact) mass is 372 g/mol. The normalized spacial score (nSPS) is 60.0. The third-order valence-electron chi connectivity index (χ3n) is 10.9. The summed E-state index contributed by atoms with van der Waals surface area (Å²) >= 11 is 0. The highest BCUT2D eigenvalue weighted by Crippen LogP contribution is 2.80. The topological polar surface area (TPSA) is 74.6 Å². The van der Waals surface area contributed by atoms with Crippen molar-refractivity contribution in [1.82, 2.24) is 0 Å². The van der Waals surface area contributed by atoms with Crippen molar-refractivity contribution in [2.24, 2.45) is 51.2 Å². The Morgan fingerprint density at radius 2 is 1.26 bits per heavy atom. The first-order chi connectivity index (χ1) is 12.7. The Hall–Kier alpha value is -1.06. The van der Waals surface area contributed by atoms with Crippen molar-refractivity contribution in [2.45, 2.75) is 77.6 Å². The molecule has 0 aromatic carbocycles. The third kappa shape index (κ3) is 1.78. The van der Waals surface area contributed by atoms with Gasteiger partial charge in [0.25, 0.3) is 0 Å². The number of carboxylic acids is 2. The van der Waals surface area contributed by atoms with Crippen LogP contribution in [0, 0.1) is 51.2 Å². The molecule has 4 heteroatoms. The molecular formula is C23H32O4. The van der Waals surface area contributed by atoms with Crippen LogP contribution in [-0.2, 0) is 9.59 Å². The summed E-state index contributed by atoms with van der Waals surface area (Å²) in [6.07, 6.45) is 11.5. The van der Waals surface area contributed by atoms with Crippen LogP contribution in [0.2, 0.25) is 0 Å². The summed E-state index contributed by atoms with van der Waals surface area (Å²) in [5.41, 5.74) is -0.880. The van der Waals surface area contributed by atoms with Gasteiger partial charge in [0.05, 0.1) is 10.8 Å². The summed E-state index contributed by atoms with van der Waals surface area (Å²) in [5, 5.41) is 20.5. The van der Waals surface area contributed by atoms with Crippen molar-refractivity contribution < 1.29 is 19.8 Å². The Morgan fingerprint density at radius 3 is 1.74 bits per heavy atom. The minimum Gasteiger partial charge on any atom is -0.481 e. The quantitative estimate of drug-likeness (QED) is 0.761. The number of carbonyl (C=O) groups is 2. The van der Waals surface area contributed by atoms with Gasteiger partial charge in [-0.2, -0.15) is 0 Å². The van der Waals surface area contributed by atoms with Gasteiger partial charge >= 0.3 is 11.9 Å². The second-order valence-electron chi connectivity index (χ2n) is 12.0. The second kappa shape index (κ2) is 4.74. The molecule has 8 fully saturated rings. The molecule has 8 aliphatic carbocycles. The van der Waals surface area contributed by atoms with E-state index in [1.807, 2.05) is 0 Å². The molecule has 0 aromatic rings. The molecule has 4 nitrogen and oxygen atoms in total. The standard InChI is InChI=1S/C23H32O4/c1-13-22(19(26)27)8-16-3-17(9-22)11-23(13,10-16)21-6-14-2-15(7-21)5-20(4-14,12-21)18(24)25/h13-17H,2-12H2,1H3,(H,24,25)(H,26,27). The van der Waals surface area contributed by atoms with Crippen LogP contribution in [0.15, 0.2) is 0 Å². The lowest BCUT2D eigenvalue weighted by Crippen LogP contribution is -2.69. The highest BCUT2D eigenvalue weighted by Gasteiger charge is 2.74. The molecule has 5 unspecified atom stereocenters. The summed E-state index contributed by atoms with van der Waals surface area (Å²) in [4.78, 5) is 24.9. The molecule has 0 heterocycles. The van der Waals surface area contributed by atoms with E-state index in [-0.39, 0.29) is 16.7 Å². The maximum Gasteiger partial charge on any atom is 0.309 e. The average molecular weight is 373 g/mol. The first kappa shape index (κ1) is 16.9. The lowest BCUT2D eigenvalue weighted by molar-refractivity contribution is -0.266. The average Bonchev–Trinajstić information content (AvgIpc) is 2.57. The van der Waals surface area contributed by atoms with Crippen molar-refractivity contribution in [3.8, 4) is 0 Å². The van der Waals surface area contributed by atoms with E-state index in [0.717, 1.165) is 32.1 Å². The van der Waals surface area contributed by atoms with E-state index >= 15 is 0 Å². The summed E-state index contributed by atoms with van der Waals surface area (Å²) in [5.74, 6) is 1.29. The molecule has 8 bridgehead atoms. The summed E-state index contributed by atoms with van der Waals surface area (Å²) in [7, 11) is 0. The molecule has 8 saturated carbocycles. The summed E-state index contributed by atoms with van der Waals surface area (Å²) in [6, 6.07) is 0. The van der Waals surface area contributed by atoms with E-state index in [4.69, 9.17) is 0 Å². The van der Waals surface area contributed by atoms with Gasteiger partial charge in [-0.25, -0.2) is 0 Å². The van der Waals surface area contributed by atoms with Crippen LogP contribution >= 0.6 is 0 Å². The van der Waals surface area contributed by atoms with E-state index in [1.54, 1.807) is 0 Å². The van der Waals surface area contributed by atoms with Gasteiger partial charge in [-0.1, -0.05) is 6.92 Å². The van der Waals surface area contributed by atoms with Gasteiger partial charge in [0.15, 0.2) is 0 Å². The van der Waals surface area contributed by atoms with E-state index < -0.39 is 22.8 Å². The molecule has 0 radical (unpaired) electrons. The predicted molar refractivity (Wildman–Crippen MR) is 98.9 cm³/mol. The Morgan fingerprint density at radius 1 is 0.741 bits per heavy atom. The highest BCUT2D eigenvalue weighted by atomic mass is 16.4. The van der Waals surface area contributed by atoms with E-state index in [0.29, 0.717) is 23.7 Å². The smallest absolute Gasteiger partial charge is 0.309 e. The summed E-state index contributed by atoms with van der Waals surface area (Å²) in [6.45, 7) is 2.25. The molecule has 27 heavy (non-hydrogen) atoms. The number of hydrogen-bond donors (Lipinski definition) is 2. The Labute approximate surface area is 161 Å². The molecule has 148 valence electrons. The van der Waals surface area contributed by atoms with Crippen LogP contribution in [0.5, 0.6) is 0 Å². The van der Waals surface area contributed by atoms with Crippen LogP contribution < -0.4 is 0 Å². The van der Waals surface area contributed by atoms with Crippen molar-refractivity contribution >= 4 is 11.9 Å². The number of rotatable bonds is 3. The van der Waals surface area contributed by atoms with Crippen LogP contribution in [0.25, 0.3) is 0 Å². The Balaban J connectivity index is 1.50. The zero-order valence-corrected chi connectivity index (χ0v) is 16.4.